The number of methoxy groups -OCH3 is 1. The Hall–Kier alpha value is -1.02. The number of aliphatic hydroxyl groups is 1. The molecular formula is C15H20O2. The van der Waals surface area contributed by atoms with Crippen LogP contribution in [-0.2, 0) is 6.42 Å². The Bertz CT molecular complexity index is 415. The fourth-order valence-electron chi connectivity index (χ4n) is 3.81. The van der Waals surface area contributed by atoms with E-state index in [1.807, 2.05) is 18.2 Å². The zero-order valence-electron chi connectivity index (χ0n) is 10.4. The van der Waals surface area contributed by atoms with E-state index in [2.05, 4.69) is 6.07 Å². The number of rotatable bonds is 3. The van der Waals surface area contributed by atoms with Crippen LogP contribution < -0.4 is 4.74 Å². The Morgan fingerprint density at radius 2 is 2.18 bits per heavy atom. The molecule has 0 saturated heterocycles. The maximum atomic E-state index is 10.8. The van der Waals surface area contributed by atoms with Crippen molar-refractivity contribution in [3.05, 3.63) is 29.8 Å². The molecule has 1 N–H and O–H groups in total. The van der Waals surface area contributed by atoms with Gasteiger partial charge in [-0.05, 0) is 49.1 Å². The standard InChI is InChI=1S/C15H20O2/c1-17-14-5-3-2-4-12(14)10-15(16)9-11-6-7-13(15)8-11/h2-5,11,13,16H,6-10H2,1H3. The maximum absolute atomic E-state index is 10.8. The minimum absolute atomic E-state index is 0.475. The first-order valence-corrected chi connectivity index (χ1v) is 6.55. The molecular weight excluding hydrogens is 212 g/mol. The van der Waals surface area contributed by atoms with E-state index >= 15 is 0 Å². The van der Waals surface area contributed by atoms with Gasteiger partial charge in [-0.25, -0.2) is 0 Å². The molecule has 2 bridgehead atoms. The van der Waals surface area contributed by atoms with Gasteiger partial charge in [0.15, 0.2) is 0 Å². The lowest BCUT2D eigenvalue weighted by Gasteiger charge is -2.33. The fraction of sp³-hybridized carbons (Fsp3) is 0.600. The average Bonchev–Trinajstić information content (AvgIpc) is 2.89. The highest BCUT2D eigenvalue weighted by Crippen LogP contribution is 2.52. The Kier molecular flexibility index (Phi) is 2.62. The van der Waals surface area contributed by atoms with E-state index in [9.17, 15) is 5.11 Å². The van der Waals surface area contributed by atoms with E-state index < -0.39 is 5.60 Å². The van der Waals surface area contributed by atoms with Gasteiger partial charge in [0.1, 0.15) is 5.75 Å². The molecule has 3 rings (SSSR count). The molecule has 17 heavy (non-hydrogen) atoms. The lowest BCUT2D eigenvalue weighted by Crippen LogP contribution is -2.37. The number of fused-ring (bicyclic) bond motifs is 2. The van der Waals surface area contributed by atoms with Crippen molar-refractivity contribution < 1.29 is 9.84 Å². The molecule has 3 unspecified atom stereocenters. The quantitative estimate of drug-likeness (QED) is 0.868. The SMILES string of the molecule is COc1ccccc1CC1(O)CC2CCC1C2. The summed E-state index contributed by atoms with van der Waals surface area (Å²) < 4.78 is 5.37. The summed E-state index contributed by atoms with van der Waals surface area (Å²) in [5, 5.41) is 10.8. The van der Waals surface area contributed by atoms with Crippen LogP contribution in [0.25, 0.3) is 0 Å². The summed E-state index contributed by atoms with van der Waals surface area (Å²) in [5.74, 6) is 2.18. The van der Waals surface area contributed by atoms with Gasteiger partial charge >= 0.3 is 0 Å². The molecule has 2 heteroatoms. The molecule has 92 valence electrons. The highest BCUT2D eigenvalue weighted by atomic mass is 16.5. The van der Waals surface area contributed by atoms with Gasteiger partial charge < -0.3 is 9.84 Å². The van der Waals surface area contributed by atoms with Gasteiger partial charge in [0.2, 0.25) is 0 Å². The summed E-state index contributed by atoms with van der Waals surface area (Å²) in [6, 6.07) is 8.05. The van der Waals surface area contributed by atoms with Crippen LogP contribution in [0.1, 0.15) is 31.2 Å². The molecule has 2 fully saturated rings. The van der Waals surface area contributed by atoms with Crippen LogP contribution in [0, 0.1) is 11.8 Å². The Labute approximate surface area is 103 Å². The van der Waals surface area contributed by atoms with Crippen LogP contribution in [0.4, 0.5) is 0 Å². The van der Waals surface area contributed by atoms with Crippen molar-refractivity contribution in [2.24, 2.45) is 11.8 Å². The first kappa shape index (κ1) is 11.1. The zero-order chi connectivity index (χ0) is 11.9. The number of hydrogen-bond donors (Lipinski definition) is 1. The zero-order valence-corrected chi connectivity index (χ0v) is 10.4. The van der Waals surface area contributed by atoms with Gasteiger partial charge in [0, 0.05) is 6.42 Å². The first-order valence-electron chi connectivity index (χ1n) is 6.55. The van der Waals surface area contributed by atoms with E-state index in [0.29, 0.717) is 5.92 Å². The van der Waals surface area contributed by atoms with Crippen molar-refractivity contribution in [3.63, 3.8) is 0 Å². The van der Waals surface area contributed by atoms with Crippen LogP contribution >= 0.6 is 0 Å². The summed E-state index contributed by atoms with van der Waals surface area (Å²) in [4.78, 5) is 0. The van der Waals surface area contributed by atoms with Crippen LogP contribution in [0.3, 0.4) is 0 Å². The van der Waals surface area contributed by atoms with Crippen molar-refractivity contribution in [3.8, 4) is 5.75 Å². The van der Waals surface area contributed by atoms with Crippen LogP contribution in [0.5, 0.6) is 5.75 Å². The molecule has 2 aliphatic rings. The van der Waals surface area contributed by atoms with Crippen LogP contribution in [0.2, 0.25) is 0 Å². The topological polar surface area (TPSA) is 29.5 Å². The molecule has 0 spiro atoms. The minimum atomic E-state index is -0.475. The Morgan fingerprint density at radius 3 is 2.82 bits per heavy atom. The lowest BCUT2D eigenvalue weighted by atomic mass is 9.79. The van der Waals surface area contributed by atoms with Crippen molar-refractivity contribution in [1.29, 1.82) is 0 Å². The average molecular weight is 232 g/mol. The van der Waals surface area contributed by atoms with Gasteiger partial charge in [-0.1, -0.05) is 18.2 Å². The molecule has 0 aliphatic heterocycles. The van der Waals surface area contributed by atoms with Crippen LogP contribution in [0.15, 0.2) is 24.3 Å². The summed E-state index contributed by atoms with van der Waals surface area (Å²) in [7, 11) is 1.70. The number of hydrogen-bond acceptors (Lipinski definition) is 2. The molecule has 2 nitrogen and oxygen atoms in total. The summed E-state index contributed by atoms with van der Waals surface area (Å²) in [5.41, 5.74) is 0.669. The van der Waals surface area contributed by atoms with Crippen LogP contribution in [-0.4, -0.2) is 17.8 Å². The predicted octanol–water partition coefficient (Wildman–Crippen LogP) is 2.79. The third-order valence-corrected chi connectivity index (χ3v) is 4.63. The predicted molar refractivity (Wildman–Crippen MR) is 67.1 cm³/mol. The molecule has 0 heterocycles. The third kappa shape index (κ3) is 1.85. The maximum Gasteiger partial charge on any atom is 0.122 e. The second-order valence-electron chi connectivity index (χ2n) is 5.67. The summed E-state index contributed by atoms with van der Waals surface area (Å²) in [6.07, 6.45) is 5.48. The molecule has 1 aromatic carbocycles. The molecule has 0 amide bonds. The van der Waals surface area contributed by atoms with Gasteiger partial charge in [0.05, 0.1) is 12.7 Å². The summed E-state index contributed by atoms with van der Waals surface area (Å²) >= 11 is 0. The Morgan fingerprint density at radius 1 is 1.35 bits per heavy atom. The minimum Gasteiger partial charge on any atom is -0.496 e. The van der Waals surface area contributed by atoms with Gasteiger partial charge in [-0.15, -0.1) is 0 Å². The number of para-hydroxylation sites is 1. The van der Waals surface area contributed by atoms with Crippen molar-refractivity contribution in [2.75, 3.05) is 7.11 Å². The molecule has 0 radical (unpaired) electrons. The highest BCUT2D eigenvalue weighted by Gasteiger charge is 2.49. The van der Waals surface area contributed by atoms with Gasteiger partial charge in [-0.3, -0.25) is 0 Å². The highest BCUT2D eigenvalue weighted by molar-refractivity contribution is 5.35. The number of ether oxygens (including phenoxy) is 1. The fourth-order valence-corrected chi connectivity index (χ4v) is 3.81. The smallest absolute Gasteiger partial charge is 0.122 e. The van der Waals surface area contributed by atoms with Gasteiger partial charge in [0.25, 0.3) is 0 Å². The van der Waals surface area contributed by atoms with E-state index in [1.54, 1.807) is 7.11 Å². The van der Waals surface area contributed by atoms with Crippen molar-refractivity contribution in [2.45, 2.75) is 37.7 Å². The van der Waals surface area contributed by atoms with Crippen molar-refractivity contribution in [1.82, 2.24) is 0 Å². The van der Waals surface area contributed by atoms with E-state index in [4.69, 9.17) is 4.74 Å². The second-order valence-corrected chi connectivity index (χ2v) is 5.67. The molecule has 0 aromatic heterocycles. The monoisotopic (exact) mass is 232 g/mol. The van der Waals surface area contributed by atoms with E-state index in [-0.39, 0.29) is 0 Å². The largest absolute Gasteiger partial charge is 0.496 e. The first-order chi connectivity index (χ1) is 8.21. The molecule has 2 aliphatic carbocycles. The number of benzene rings is 1. The Balaban J connectivity index is 1.83. The second kappa shape index (κ2) is 4.02. The summed E-state index contributed by atoms with van der Waals surface area (Å²) in [6.45, 7) is 0. The molecule has 1 aromatic rings. The lowest BCUT2D eigenvalue weighted by molar-refractivity contribution is -0.0129. The van der Waals surface area contributed by atoms with E-state index in [1.165, 1.54) is 19.3 Å². The molecule has 3 atom stereocenters. The third-order valence-electron chi connectivity index (χ3n) is 4.63. The van der Waals surface area contributed by atoms with Crippen molar-refractivity contribution >= 4 is 0 Å². The molecule has 2 saturated carbocycles. The normalized spacial score (nSPS) is 35.2. The van der Waals surface area contributed by atoms with Gasteiger partial charge in [-0.2, -0.15) is 0 Å². The van der Waals surface area contributed by atoms with E-state index in [0.717, 1.165) is 30.1 Å².